The fraction of sp³-hybridized carbons (Fsp3) is 0.108. The summed E-state index contributed by atoms with van der Waals surface area (Å²) in [7, 11) is 0. The van der Waals surface area contributed by atoms with Crippen LogP contribution in [0.5, 0.6) is 23.0 Å². The molecule has 0 radical (unpaired) electrons. The van der Waals surface area contributed by atoms with E-state index in [9.17, 15) is 2.74 Å². The molecular formula is C74H59N4O2Pt-3. The minimum absolute atomic E-state index is 0. The van der Waals surface area contributed by atoms with Crippen LogP contribution in [0.25, 0.3) is 72.1 Å². The number of para-hydroxylation sites is 4. The monoisotopic (exact) mass is 1250 g/mol. The number of anilines is 4. The number of ether oxygens (including phenoxy) is 2. The predicted molar refractivity (Wildman–Crippen MR) is 330 cm³/mol. The number of fused-ring (bicyclic) bond motifs is 4. The van der Waals surface area contributed by atoms with Gasteiger partial charge in [0.05, 0.1) is 20.6 Å². The molecule has 0 saturated carbocycles. The van der Waals surface area contributed by atoms with Gasteiger partial charge >= 0.3 is 0 Å². The summed E-state index contributed by atoms with van der Waals surface area (Å²) in [5.41, 5.74) is 6.27. The Morgan fingerprint density at radius 3 is 1.69 bits per heavy atom. The number of pyridine rings is 1. The van der Waals surface area contributed by atoms with Crippen molar-refractivity contribution in [2.24, 2.45) is 0 Å². The molecule has 13 rings (SSSR count). The quantitative estimate of drug-likeness (QED) is 0.121. The molecule has 0 spiro atoms. The number of nitrogens with zero attached hydrogens (tertiary/aromatic N) is 4. The minimum atomic E-state index is -0.594. The van der Waals surface area contributed by atoms with Crippen molar-refractivity contribution in [3.05, 3.63) is 272 Å². The number of hydrogen-bond donors (Lipinski definition) is 0. The van der Waals surface area contributed by atoms with E-state index in [4.69, 9.17) is 32.3 Å². The third kappa shape index (κ3) is 10.2. The standard InChI is InChI=1S/C74H59N4O2.Pt/c1-73(2,3)54-38-36-53(37-39-54)65-45-55(74(4,5)6)44-64(52-26-14-9-15-27-52)72(65)80-59-42-43-75-70(48-59)78-66-33-17-16-30-62(66)63-41-40-58(47-69(63)78)79-57-29-20-28-56(46-57)76-49-77(68-35-19-18-34-67(68)76)71-60(50-22-10-7-11-23-50)31-21-32-61(71)51-24-12-8-13-25-51;/h7-45,48-49H,1-6H3;/q-3;/i7D,8D,9D,10D,11D,12D,13D,14D,15D,22D,23D,24D,25D,26D,27D;. The molecule has 0 bridgehead atoms. The summed E-state index contributed by atoms with van der Waals surface area (Å²) in [5, 5.41) is 1.72. The second kappa shape index (κ2) is 21.6. The minimum Gasteiger partial charge on any atom is -0.509 e. The Morgan fingerprint density at radius 1 is 0.481 bits per heavy atom. The van der Waals surface area contributed by atoms with E-state index in [1.54, 1.807) is 72.4 Å². The summed E-state index contributed by atoms with van der Waals surface area (Å²) in [6, 6.07) is 43.8. The van der Waals surface area contributed by atoms with Gasteiger partial charge in [0.1, 0.15) is 17.3 Å². The maximum atomic E-state index is 9.24. The molecule has 12 aromatic rings. The molecule has 0 amide bonds. The van der Waals surface area contributed by atoms with E-state index in [1.807, 2.05) is 88.3 Å². The Morgan fingerprint density at radius 2 is 1.05 bits per heavy atom. The molecule has 2 aromatic heterocycles. The van der Waals surface area contributed by atoms with Gasteiger partial charge in [-0.3, -0.25) is 0 Å². The Hall–Kier alpha value is -8.96. The van der Waals surface area contributed by atoms with Gasteiger partial charge in [0.25, 0.3) is 0 Å². The van der Waals surface area contributed by atoms with E-state index in [1.165, 1.54) is 0 Å². The van der Waals surface area contributed by atoms with Crippen LogP contribution in [-0.4, -0.2) is 9.55 Å². The maximum absolute atomic E-state index is 9.24. The molecule has 6 nitrogen and oxygen atoms in total. The van der Waals surface area contributed by atoms with Gasteiger partial charge in [0, 0.05) is 89.7 Å². The van der Waals surface area contributed by atoms with Gasteiger partial charge in [-0.1, -0.05) is 210 Å². The topological polar surface area (TPSA) is 42.8 Å². The molecular weight excluding hydrogens is 1170 g/mol. The normalized spacial score (nSPS) is 15.0. The molecule has 81 heavy (non-hydrogen) atoms. The van der Waals surface area contributed by atoms with Crippen LogP contribution >= 0.6 is 0 Å². The second-order valence-electron chi connectivity index (χ2n) is 21.4. The predicted octanol–water partition coefficient (Wildman–Crippen LogP) is 20.0. The molecule has 400 valence electrons. The molecule has 0 N–H and O–H groups in total. The molecule has 0 fully saturated rings. The molecule has 0 atom stereocenters. The second-order valence-corrected chi connectivity index (χ2v) is 21.4. The van der Waals surface area contributed by atoms with Crippen molar-refractivity contribution < 1.29 is 51.1 Å². The van der Waals surface area contributed by atoms with Gasteiger partial charge in [-0.05, 0) is 86.0 Å². The van der Waals surface area contributed by atoms with Crippen LogP contribution in [0, 0.1) is 18.8 Å². The molecule has 1 aliphatic rings. The zero-order valence-corrected chi connectivity index (χ0v) is 47.2. The first-order chi connectivity index (χ1) is 45.1. The van der Waals surface area contributed by atoms with Gasteiger partial charge in [0.15, 0.2) is 0 Å². The first-order valence-electron chi connectivity index (χ1n) is 33.6. The Balaban J connectivity index is 0.00000881. The zero-order chi connectivity index (χ0) is 67.6. The maximum Gasteiger partial charge on any atom is 0.143 e. The molecule has 1 aliphatic heterocycles. The Kier molecular flexibility index (Phi) is 10.1. The van der Waals surface area contributed by atoms with E-state index < -0.39 is 84.0 Å². The summed E-state index contributed by atoms with van der Waals surface area (Å²) in [6.07, 6.45) is 1.62. The Labute approximate surface area is 510 Å². The average Bonchev–Trinajstić information content (AvgIpc) is 1.26. The van der Waals surface area contributed by atoms with E-state index in [-0.39, 0.29) is 83.6 Å². The zero-order valence-electron chi connectivity index (χ0n) is 59.9. The third-order valence-corrected chi connectivity index (χ3v) is 14.2. The first-order valence-corrected chi connectivity index (χ1v) is 26.1. The van der Waals surface area contributed by atoms with Gasteiger partial charge < -0.3 is 23.8 Å². The van der Waals surface area contributed by atoms with Gasteiger partial charge in [-0.2, -0.15) is 12.1 Å². The average molecular weight is 1250 g/mol. The first kappa shape index (κ1) is 37.8. The fourth-order valence-corrected chi connectivity index (χ4v) is 10.2. The number of hydrogen-bond acceptors (Lipinski definition) is 5. The molecule has 0 aliphatic carbocycles. The van der Waals surface area contributed by atoms with Gasteiger partial charge in [0.2, 0.25) is 0 Å². The van der Waals surface area contributed by atoms with Crippen molar-refractivity contribution >= 4 is 44.6 Å². The Bertz CT molecular complexity index is 5010. The smallest absolute Gasteiger partial charge is 0.143 e. The van der Waals surface area contributed by atoms with E-state index in [0.29, 0.717) is 51.0 Å². The van der Waals surface area contributed by atoms with Crippen molar-refractivity contribution in [1.82, 2.24) is 9.55 Å². The van der Waals surface area contributed by atoms with Crippen LogP contribution in [0.3, 0.4) is 0 Å². The molecule has 0 unspecified atom stereocenters. The molecule has 0 saturated heterocycles. The molecule has 7 heteroatoms. The van der Waals surface area contributed by atoms with Gasteiger partial charge in [-0.15, -0.1) is 48.1 Å². The van der Waals surface area contributed by atoms with Crippen molar-refractivity contribution in [3.8, 4) is 73.3 Å². The van der Waals surface area contributed by atoms with E-state index >= 15 is 0 Å². The van der Waals surface area contributed by atoms with Crippen LogP contribution in [0.4, 0.5) is 22.7 Å². The summed E-state index contributed by atoms with van der Waals surface area (Å²) in [5.74, 6) is 1.66. The van der Waals surface area contributed by atoms with Crippen molar-refractivity contribution in [1.29, 1.82) is 0 Å². The van der Waals surface area contributed by atoms with Crippen LogP contribution in [-0.2, 0) is 31.9 Å². The van der Waals surface area contributed by atoms with E-state index in [0.717, 1.165) is 33.0 Å². The van der Waals surface area contributed by atoms with Crippen LogP contribution in [0.1, 0.15) is 73.2 Å². The van der Waals surface area contributed by atoms with Crippen LogP contribution in [0.15, 0.2) is 242 Å². The number of aromatic nitrogens is 2. The largest absolute Gasteiger partial charge is 0.509 e. The van der Waals surface area contributed by atoms with Gasteiger partial charge in [-0.25, -0.2) is 4.98 Å². The summed E-state index contributed by atoms with van der Waals surface area (Å²) >= 11 is 0. The summed E-state index contributed by atoms with van der Waals surface area (Å²) < 4.78 is 148. The summed E-state index contributed by atoms with van der Waals surface area (Å²) in [6.45, 7) is 14.3. The van der Waals surface area contributed by atoms with Crippen molar-refractivity contribution in [2.45, 2.75) is 52.4 Å². The fourth-order valence-electron chi connectivity index (χ4n) is 10.2. The third-order valence-electron chi connectivity index (χ3n) is 14.2. The van der Waals surface area contributed by atoms with Crippen molar-refractivity contribution in [2.75, 3.05) is 9.80 Å². The van der Waals surface area contributed by atoms with Crippen molar-refractivity contribution in [3.63, 3.8) is 0 Å². The molecule has 10 aromatic carbocycles. The summed E-state index contributed by atoms with van der Waals surface area (Å²) in [4.78, 5) is 8.44. The number of benzene rings is 10. The van der Waals surface area contributed by atoms with Crippen LogP contribution < -0.4 is 19.3 Å². The van der Waals surface area contributed by atoms with Crippen LogP contribution in [0.2, 0.25) is 0 Å². The van der Waals surface area contributed by atoms with E-state index in [2.05, 4.69) is 65.8 Å². The number of rotatable bonds is 11. The molecule has 3 heterocycles. The SMILES string of the molecule is [2H]c1c([2H])c([2H])c(-c2cc(C(C)(C)C)cc(-c3ccc(C(C)(C)C)cc3)c2Oc2ccnc(-n3c4[c-]c(Oc5[c-]c(N6[CH-]N(c7c(-c8c([2H])c([2H])c([2H])c([2H])c8[2H])cccc7-c7c([2H])c([2H])c([2H])c([2H])c7[2H])c7ccccc76)ccc5)ccc4c4ccccc43)c2)c([2H])c1[2H].[Pt].